The molecular weight excluding hydrogens is 550 g/mol. The second-order valence-electron chi connectivity index (χ2n) is 7.74. The van der Waals surface area contributed by atoms with E-state index >= 15 is 0 Å². The van der Waals surface area contributed by atoms with Crippen LogP contribution in [0.1, 0.15) is 29.6 Å². The minimum absolute atomic E-state index is 0.00300. The maximum atomic E-state index is 13.2. The van der Waals surface area contributed by atoms with Gasteiger partial charge < -0.3 is 4.74 Å². The molecule has 192 valence electrons. The number of carbonyl (C=O) groups is 1. The molecule has 1 aliphatic rings. The van der Waals surface area contributed by atoms with Crippen LogP contribution < -0.4 is 14.8 Å². The number of amides is 1. The smallest absolute Gasteiger partial charge is 0.291 e. The summed E-state index contributed by atoms with van der Waals surface area (Å²) in [6.45, 7) is 0.768. The average Bonchev–Trinajstić information content (AvgIpc) is 3.34. The third kappa shape index (κ3) is 5.62. The standard InChI is InChI=1S/C21H22ClN5O6S3/c1-33-17-10-9-14(13-18(17)36(31,32)27-11-5-2-6-12-27)26-35(29,30)21-25-24-20(34-21)23-19(28)15-7-3-4-8-16(15)22/h3-4,7-10,13,26H,2,5-6,11-12H2,1H3,(H,23,24,28). The topological polar surface area (TPSA) is 148 Å². The van der Waals surface area contributed by atoms with E-state index < -0.39 is 30.3 Å². The maximum absolute atomic E-state index is 13.2. The van der Waals surface area contributed by atoms with Gasteiger partial charge in [-0.1, -0.05) is 41.5 Å². The van der Waals surface area contributed by atoms with Gasteiger partial charge in [-0.3, -0.25) is 14.8 Å². The highest BCUT2D eigenvalue weighted by molar-refractivity contribution is 7.94. The van der Waals surface area contributed by atoms with Gasteiger partial charge in [-0.2, -0.15) is 12.7 Å². The van der Waals surface area contributed by atoms with Gasteiger partial charge >= 0.3 is 0 Å². The number of sulfonamides is 2. The van der Waals surface area contributed by atoms with Gasteiger partial charge in [-0.15, -0.1) is 10.2 Å². The first kappa shape index (κ1) is 26.3. The first-order chi connectivity index (χ1) is 17.1. The minimum Gasteiger partial charge on any atom is -0.495 e. The molecule has 1 aliphatic heterocycles. The van der Waals surface area contributed by atoms with Crippen LogP contribution >= 0.6 is 22.9 Å². The summed E-state index contributed by atoms with van der Waals surface area (Å²) < 4.78 is 60.7. The molecule has 3 aromatic rings. The number of nitrogens with zero attached hydrogens (tertiary/aromatic N) is 3. The highest BCUT2D eigenvalue weighted by Crippen LogP contribution is 2.32. The molecule has 2 N–H and O–H groups in total. The minimum atomic E-state index is -4.24. The summed E-state index contributed by atoms with van der Waals surface area (Å²) in [6, 6.07) is 10.3. The van der Waals surface area contributed by atoms with Crippen molar-refractivity contribution in [1.82, 2.24) is 14.5 Å². The quantitative estimate of drug-likeness (QED) is 0.391. The summed E-state index contributed by atoms with van der Waals surface area (Å²) >= 11 is 6.64. The number of rotatable bonds is 8. The molecule has 36 heavy (non-hydrogen) atoms. The number of methoxy groups -OCH3 is 1. The lowest BCUT2D eigenvalue weighted by atomic mass is 10.2. The summed E-state index contributed by atoms with van der Waals surface area (Å²) in [5.74, 6) is -0.472. The Balaban J connectivity index is 1.55. The van der Waals surface area contributed by atoms with Gasteiger partial charge in [0, 0.05) is 13.1 Å². The van der Waals surface area contributed by atoms with E-state index in [4.69, 9.17) is 16.3 Å². The van der Waals surface area contributed by atoms with E-state index in [1.54, 1.807) is 18.2 Å². The average molecular weight is 572 g/mol. The number of hydrogen-bond acceptors (Lipinski definition) is 9. The predicted octanol–water partition coefficient (Wildman–Crippen LogP) is 3.43. The monoisotopic (exact) mass is 571 g/mol. The van der Waals surface area contributed by atoms with Crippen LogP contribution in [0.3, 0.4) is 0 Å². The molecule has 1 aromatic heterocycles. The number of hydrogen-bond donors (Lipinski definition) is 2. The fourth-order valence-electron chi connectivity index (χ4n) is 3.56. The van der Waals surface area contributed by atoms with E-state index in [1.165, 1.54) is 35.7 Å². The molecule has 0 radical (unpaired) electrons. The summed E-state index contributed by atoms with van der Waals surface area (Å²) in [6.07, 6.45) is 2.45. The van der Waals surface area contributed by atoms with Crippen LogP contribution in [0.4, 0.5) is 10.8 Å². The number of benzene rings is 2. The predicted molar refractivity (Wildman–Crippen MR) is 136 cm³/mol. The van der Waals surface area contributed by atoms with Crippen LogP contribution in [0.2, 0.25) is 5.02 Å². The Morgan fingerprint density at radius 1 is 1.06 bits per heavy atom. The van der Waals surface area contributed by atoms with E-state index in [-0.39, 0.29) is 32.1 Å². The zero-order valence-corrected chi connectivity index (χ0v) is 22.2. The molecule has 0 saturated carbocycles. The summed E-state index contributed by atoms with van der Waals surface area (Å²) in [5.41, 5.74) is 0.195. The van der Waals surface area contributed by atoms with Crippen molar-refractivity contribution in [2.75, 3.05) is 30.2 Å². The van der Waals surface area contributed by atoms with Crippen LogP contribution in [-0.4, -0.2) is 57.4 Å². The second-order valence-corrected chi connectivity index (χ2v) is 12.9. The molecule has 0 bridgehead atoms. The number of halogens is 1. The van der Waals surface area contributed by atoms with Crippen molar-refractivity contribution in [2.24, 2.45) is 0 Å². The van der Waals surface area contributed by atoms with E-state index in [0.717, 1.165) is 19.3 Å². The molecule has 0 spiro atoms. The van der Waals surface area contributed by atoms with Crippen molar-refractivity contribution in [2.45, 2.75) is 28.5 Å². The van der Waals surface area contributed by atoms with Gasteiger partial charge in [-0.05, 0) is 43.2 Å². The van der Waals surface area contributed by atoms with Crippen molar-refractivity contribution in [3.05, 3.63) is 53.1 Å². The number of piperidine rings is 1. The van der Waals surface area contributed by atoms with Gasteiger partial charge in [0.05, 0.1) is 23.4 Å². The molecule has 1 saturated heterocycles. The first-order valence-corrected chi connectivity index (χ1v) is 14.8. The number of ether oxygens (including phenoxy) is 1. The third-order valence-corrected chi connectivity index (χ3v) is 10.2. The van der Waals surface area contributed by atoms with Crippen LogP contribution in [0.25, 0.3) is 0 Å². The number of nitrogens with one attached hydrogen (secondary N) is 2. The van der Waals surface area contributed by atoms with E-state index in [2.05, 4.69) is 20.2 Å². The Kier molecular flexibility index (Phi) is 7.80. The third-order valence-electron chi connectivity index (χ3n) is 5.32. The Morgan fingerprint density at radius 3 is 2.47 bits per heavy atom. The number of aromatic nitrogens is 2. The lowest BCUT2D eigenvalue weighted by Gasteiger charge is -2.26. The Morgan fingerprint density at radius 2 is 1.78 bits per heavy atom. The van der Waals surface area contributed by atoms with Crippen molar-refractivity contribution in [1.29, 1.82) is 0 Å². The van der Waals surface area contributed by atoms with Crippen molar-refractivity contribution in [3.63, 3.8) is 0 Å². The zero-order chi connectivity index (χ0) is 25.9. The van der Waals surface area contributed by atoms with Crippen LogP contribution in [0, 0.1) is 0 Å². The molecule has 4 rings (SSSR count). The fraction of sp³-hybridized carbons (Fsp3) is 0.286. The SMILES string of the molecule is COc1ccc(NS(=O)(=O)c2nnc(NC(=O)c3ccccc3Cl)s2)cc1S(=O)(=O)N1CCCCC1. The Labute approximate surface area is 217 Å². The Bertz CT molecular complexity index is 1490. The molecule has 2 heterocycles. The zero-order valence-electron chi connectivity index (χ0n) is 19.0. The van der Waals surface area contributed by atoms with Gasteiger partial charge in [0.2, 0.25) is 15.2 Å². The van der Waals surface area contributed by atoms with Gasteiger partial charge in [0.25, 0.3) is 20.3 Å². The fourth-order valence-corrected chi connectivity index (χ4v) is 7.43. The molecule has 0 unspecified atom stereocenters. The highest BCUT2D eigenvalue weighted by atomic mass is 35.5. The number of carbonyl (C=O) groups excluding carboxylic acids is 1. The van der Waals surface area contributed by atoms with Crippen LogP contribution in [0.5, 0.6) is 5.75 Å². The first-order valence-electron chi connectivity index (χ1n) is 10.7. The second kappa shape index (κ2) is 10.7. The molecule has 1 amide bonds. The molecule has 1 fully saturated rings. The Hall–Kier alpha value is -2.78. The molecule has 15 heteroatoms. The molecule has 2 aromatic carbocycles. The summed E-state index contributed by atoms with van der Waals surface area (Å²) in [7, 11) is -6.80. The van der Waals surface area contributed by atoms with Gasteiger partial charge in [0.1, 0.15) is 10.6 Å². The van der Waals surface area contributed by atoms with E-state index in [9.17, 15) is 21.6 Å². The number of anilines is 2. The van der Waals surface area contributed by atoms with Gasteiger partial charge in [-0.25, -0.2) is 8.42 Å². The van der Waals surface area contributed by atoms with E-state index in [1.807, 2.05) is 0 Å². The molecular formula is C21H22ClN5O6S3. The highest BCUT2D eigenvalue weighted by Gasteiger charge is 2.30. The van der Waals surface area contributed by atoms with Crippen molar-refractivity contribution in [3.8, 4) is 5.75 Å². The van der Waals surface area contributed by atoms with Gasteiger partial charge in [0.15, 0.2) is 0 Å². The summed E-state index contributed by atoms with van der Waals surface area (Å²) in [5, 5.41) is 10.0. The normalized spacial score (nSPS) is 14.8. The molecule has 0 aliphatic carbocycles. The molecule has 0 atom stereocenters. The van der Waals surface area contributed by atoms with Crippen molar-refractivity contribution < 1.29 is 26.4 Å². The molecule has 11 nitrogen and oxygen atoms in total. The van der Waals surface area contributed by atoms with Crippen LogP contribution in [0.15, 0.2) is 51.7 Å². The lowest BCUT2D eigenvalue weighted by Crippen LogP contribution is -2.35. The summed E-state index contributed by atoms with van der Waals surface area (Å²) in [4.78, 5) is 12.3. The van der Waals surface area contributed by atoms with E-state index in [0.29, 0.717) is 24.4 Å². The maximum Gasteiger partial charge on any atom is 0.291 e. The largest absolute Gasteiger partial charge is 0.495 e. The van der Waals surface area contributed by atoms with Crippen LogP contribution in [-0.2, 0) is 20.0 Å². The van der Waals surface area contributed by atoms with Crippen molar-refractivity contribution >= 4 is 59.7 Å². The lowest BCUT2D eigenvalue weighted by molar-refractivity contribution is 0.102.